The van der Waals surface area contributed by atoms with Crippen molar-refractivity contribution in [2.75, 3.05) is 5.32 Å². The Bertz CT molecular complexity index is 549. The number of carbonyl (C=O) groups is 1. The van der Waals surface area contributed by atoms with E-state index in [9.17, 15) is 4.79 Å². The number of halogens is 1. The van der Waals surface area contributed by atoms with E-state index < -0.39 is 0 Å². The van der Waals surface area contributed by atoms with Gasteiger partial charge < -0.3 is 0 Å². The molecule has 0 bridgehead atoms. The molecule has 2 heterocycles. The summed E-state index contributed by atoms with van der Waals surface area (Å²) in [5.41, 5.74) is 1.04. The topological polar surface area (TPSA) is 67.8 Å². The number of amides is 1. The van der Waals surface area contributed by atoms with Crippen molar-refractivity contribution < 1.29 is 4.79 Å². The Labute approximate surface area is 107 Å². The number of aromatic nitrogens is 3. The third-order valence-corrected chi connectivity index (χ3v) is 2.87. The molecular weight excluding hydrogens is 260 g/mol. The molecule has 1 N–H and O–H groups in total. The fourth-order valence-corrected chi connectivity index (χ4v) is 2.05. The van der Waals surface area contributed by atoms with Crippen LogP contribution < -0.4 is 5.32 Å². The molecule has 0 saturated carbocycles. The lowest BCUT2D eigenvalue weighted by Crippen LogP contribution is -2.15. The highest BCUT2D eigenvalue weighted by atomic mass is 35.5. The maximum absolute atomic E-state index is 11.8. The van der Waals surface area contributed by atoms with Crippen molar-refractivity contribution in [2.24, 2.45) is 0 Å². The van der Waals surface area contributed by atoms with Gasteiger partial charge in [0.15, 0.2) is 0 Å². The summed E-state index contributed by atoms with van der Waals surface area (Å²) in [5, 5.41) is 5.36. The van der Waals surface area contributed by atoms with Gasteiger partial charge >= 0.3 is 0 Å². The number of hydrogen-bond donors (Lipinski definition) is 1. The Hall–Kier alpha value is -1.53. The second kappa shape index (κ2) is 4.77. The Morgan fingerprint density at radius 2 is 2.12 bits per heavy atom. The standard InChI is InChI=1S/C10H9ClN4OS/c1-5-3-8(11)14-10(12-5)15-9(16)7-4-17-6(2)13-7/h3-4H,1-2H3,(H,12,14,15,16). The van der Waals surface area contributed by atoms with Crippen LogP contribution in [-0.2, 0) is 0 Å². The van der Waals surface area contributed by atoms with E-state index in [0.717, 1.165) is 5.01 Å². The van der Waals surface area contributed by atoms with Crippen LogP contribution in [0.3, 0.4) is 0 Å². The van der Waals surface area contributed by atoms with Crippen molar-refractivity contribution in [3.63, 3.8) is 0 Å². The molecule has 0 aromatic carbocycles. The highest BCUT2D eigenvalue weighted by Gasteiger charge is 2.11. The molecule has 0 radical (unpaired) electrons. The van der Waals surface area contributed by atoms with Gasteiger partial charge in [-0.3, -0.25) is 10.1 Å². The largest absolute Gasteiger partial charge is 0.289 e. The van der Waals surface area contributed by atoms with Crippen LogP contribution in [0.1, 0.15) is 21.2 Å². The number of nitrogens with one attached hydrogen (secondary N) is 1. The molecule has 2 aromatic heterocycles. The van der Waals surface area contributed by atoms with Crippen molar-refractivity contribution in [1.29, 1.82) is 0 Å². The summed E-state index contributed by atoms with van der Waals surface area (Å²) in [6, 6.07) is 1.62. The van der Waals surface area contributed by atoms with Crippen molar-refractivity contribution in [3.05, 3.63) is 33.0 Å². The van der Waals surface area contributed by atoms with Crippen LogP contribution >= 0.6 is 22.9 Å². The number of thiazole rings is 1. The summed E-state index contributed by atoms with van der Waals surface area (Å²) < 4.78 is 0. The summed E-state index contributed by atoms with van der Waals surface area (Å²) in [7, 11) is 0. The molecule has 17 heavy (non-hydrogen) atoms. The predicted octanol–water partition coefficient (Wildman–Crippen LogP) is 2.46. The third-order valence-electron chi connectivity index (χ3n) is 1.90. The fourth-order valence-electron chi connectivity index (χ4n) is 1.22. The zero-order valence-corrected chi connectivity index (χ0v) is 10.8. The maximum Gasteiger partial charge on any atom is 0.277 e. The normalized spacial score (nSPS) is 10.3. The molecule has 0 unspecified atom stereocenters. The summed E-state index contributed by atoms with van der Waals surface area (Å²) in [6.45, 7) is 3.61. The molecule has 2 rings (SSSR count). The van der Waals surface area contributed by atoms with Gasteiger partial charge in [-0.15, -0.1) is 11.3 Å². The van der Waals surface area contributed by atoms with Crippen LogP contribution in [0.15, 0.2) is 11.4 Å². The van der Waals surface area contributed by atoms with Gasteiger partial charge in [0.2, 0.25) is 5.95 Å². The molecule has 7 heteroatoms. The van der Waals surface area contributed by atoms with Crippen LogP contribution in [0.25, 0.3) is 0 Å². The molecule has 5 nitrogen and oxygen atoms in total. The first-order chi connectivity index (χ1) is 8.04. The quantitative estimate of drug-likeness (QED) is 0.850. The number of rotatable bonds is 2. The van der Waals surface area contributed by atoms with Crippen LogP contribution in [-0.4, -0.2) is 20.9 Å². The van der Waals surface area contributed by atoms with Gasteiger partial charge in [-0.1, -0.05) is 11.6 Å². The number of carbonyl (C=O) groups excluding carboxylic acids is 1. The van der Waals surface area contributed by atoms with Gasteiger partial charge in [-0.25, -0.2) is 15.0 Å². The SMILES string of the molecule is Cc1cc(Cl)nc(NC(=O)c2csc(C)n2)n1. The zero-order chi connectivity index (χ0) is 12.4. The second-order valence-electron chi connectivity index (χ2n) is 3.36. The maximum atomic E-state index is 11.8. The molecule has 0 aliphatic heterocycles. The Morgan fingerprint density at radius 3 is 2.71 bits per heavy atom. The third kappa shape index (κ3) is 2.98. The van der Waals surface area contributed by atoms with E-state index in [-0.39, 0.29) is 11.9 Å². The summed E-state index contributed by atoms with van der Waals surface area (Å²) in [6.07, 6.45) is 0. The van der Waals surface area contributed by atoms with Crippen molar-refractivity contribution in [1.82, 2.24) is 15.0 Å². The monoisotopic (exact) mass is 268 g/mol. The molecule has 0 saturated heterocycles. The number of aryl methyl sites for hydroxylation is 2. The number of nitrogens with zero attached hydrogens (tertiary/aromatic N) is 3. The molecule has 0 aliphatic rings. The van der Waals surface area contributed by atoms with Crippen molar-refractivity contribution in [2.45, 2.75) is 13.8 Å². The lowest BCUT2D eigenvalue weighted by atomic mass is 10.4. The summed E-state index contributed by atoms with van der Waals surface area (Å²) in [5.74, 6) is -0.151. The number of hydrogen-bond acceptors (Lipinski definition) is 5. The average molecular weight is 269 g/mol. The van der Waals surface area contributed by atoms with Gasteiger partial charge in [0.05, 0.1) is 5.01 Å². The predicted molar refractivity (Wildman–Crippen MR) is 66.6 cm³/mol. The Kier molecular flexibility index (Phi) is 3.35. The van der Waals surface area contributed by atoms with Gasteiger partial charge in [0.25, 0.3) is 5.91 Å². The van der Waals surface area contributed by atoms with E-state index in [1.165, 1.54) is 11.3 Å². The van der Waals surface area contributed by atoms with E-state index in [1.807, 2.05) is 6.92 Å². The molecule has 2 aromatic rings. The van der Waals surface area contributed by atoms with Crippen molar-refractivity contribution in [3.8, 4) is 0 Å². The zero-order valence-electron chi connectivity index (χ0n) is 9.19. The van der Waals surface area contributed by atoms with Crippen molar-refractivity contribution >= 4 is 34.8 Å². The van der Waals surface area contributed by atoms with Gasteiger partial charge in [0.1, 0.15) is 10.8 Å². The molecule has 0 atom stereocenters. The summed E-state index contributed by atoms with van der Waals surface area (Å²) >= 11 is 7.18. The van der Waals surface area contributed by atoms with Crippen LogP contribution in [0.2, 0.25) is 5.15 Å². The van der Waals surface area contributed by atoms with Crippen LogP contribution in [0, 0.1) is 13.8 Å². The summed E-state index contributed by atoms with van der Waals surface area (Å²) in [4.78, 5) is 23.8. The minimum atomic E-state index is -0.337. The Balaban J connectivity index is 2.18. The smallest absolute Gasteiger partial charge is 0.277 e. The molecule has 1 amide bonds. The minimum absolute atomic E-state index is 0.186. The molecular formula is C10H9ClN4OS. The second-order valence-corrected chi connectivity index (χ2v) is 4.81. The first-order valence-corrected chi connectivity index (χ1v) is 6.05. The van der Waals surface area contributed by atoms with E-state index in [4.69, 9.17) is 11.6 Å². The van der Waals surface area contributed by atoms with Gasteiger partial charge in [-0.05, 0) is 19.9 Å². The Morgan fingerprint density at radius 1 is 1.35 bits per heavy atom. The highest BCUT2D eigenvalue weighted by molar-refractivity contribution is 7.09. The fraction of sp³-hybridized carbons (Fsp3) is 0.200. The van der Waals surface area contributed by atoms with E-state index in [1.54, 1.807) is 18.4 Å². The molecule has 88 valence electrons. The molecule has 0 spiro atoms. The molecule has 0 aliphatic carbocycles. The van der Waals surface area contributed by atoms with Gasteiger partial charge in [0, 0.05) is 11.1 Å². The minimum Gasteiger partial charge on any atom is -0.289 e. The molecule has 0 fully saturated rings. The first kappa shape index (κ1) is 11.9. The van der Waals surface area contributed by atoms with E-state index >= 15 is 0 Å². The average Bonchev–Trinajstić information content (AvgIpc) is 2.63. The van der Waals surface area contributed by atoms with Gasteiger partial charge in [-0.2, -0.15) is 0 Å². The van der Waals surface area contributed by atoms with E-state index in [0.29, 0.717) is 16.5 Å². The number of anilines is 1. The van der Waals surface area contributed by atoms with Crippen LogP contribution in [0.5, 0.6) is 0 Å². The highest BCUT2D eigenvalue weighted by Crippen LogP contribution is 2.12. The van der Waals surface area contributed by atoms with E-state index in [2.05, 4.69) is 20.3 Å². The lowest BCUT2D eigenvalue weighted by molar-refractivity contribution is 0.102. The van der Waals surface area contributed by atoms with Crippen LogP contribution in [0.4, 0.5) is 5.95 Å². The first-order valence-electron chi connectivity index (χ1n) is 4.79. The lowest BCUT2D eigenvalue weighted by Gasteiger charge is -2.02.